The third-order valence-electron chi connectivity index (χ3n) is 4.00. The van der Waals surface area contributed by atoms with Crippen molar-refractivity contribution in [3.63, 3.8) is 0 Å². The Morgan fingerprint density at radius 3 is 2.78 bits per heavy atom. The van der Waals surface area contributed by atoms with Crippen LogP contribution < -0.4 is 20.1 Å². The average molecular weight is 393 g/mol. The lowest BCUT2D eigenvalue weighted by Gasteiger charge is -2.20. The van der Waals surface area contributed by atoms with Crippen molar-refractivity contribution < 1.29 is 23.5 Å². The van der Waals surface area contributed by atoms with Crippen LogP contribution in [0.3, 0.4) is 0 Å². The number of furan rings is 1. The normalized spacial score (nSPS) is 12.5. The summed E-state index contributed by atoms with van der Waals surface area (Å²) in [7, 11) is 0. The molecule has 27 heavy (non-hydrogen) atoms. The molecular formula is C19H21ClN2O5. The van der Waals surface area contributed by atoms with Crippen molar-refractivity contribution in [1.29, 1.82) is 0 Å². The lowest BCUT2D eigenvalue weighted by Crippen LogP contribution is -2.28. The number of benzene rings is 1. The van der Waals surface area contributed by atoms with Crippen LogP contribution in [0.2, 0.25) is 5.02 Å². The van der Waals surface area contributed by atoms with Crippen molar-refractivity contribution in [2.45, 2.75) is 19.3 Å². The van der Waals surface area contributed by atoms with Crippen LogP contribution in [-0.2, 0) is 11.2 Å². The zero-order chi connectivity index (χ0) is 19.1. The van der Waals surface area contributed by atoms with E-state index in [0.717, 1.165) is 5.56 Å². The Bertz CT molecular complexity index is 792. The smallest absolute Gasteiger partial charge is 0.286 e. The Labute approximate surface area is 162 Å². The van der Waals surface area contributed by atoms with Gasteiger partial charge in [0.15, 0.2) is 17.3 Å². The molecule has 2 amide bonds. The maximum atomic E-state index is 11.9. The zero-order valence-corrected chi connectivity index (χ0v) is 15.5. The number of nitrogens with one attached hydrogen (secondary N) is 2. The Morgan fingerprint density at radius 1 is 1.11 bits per heavy atom. The largest absolute Gasteiger partial charge is 0.486 e. The lowest BCUT2D eigenvalue weighted by atomic mass is 10.1. The van der Waals surface area contributed by atoms with Crippen LogP contribution >= 0.6 is 11.6 Å². The SMILES string of the molecule is O=C(CCCNC(=O)c1ccco1)NCCc1cc(Cl)c2c(c1)OCCO2. The van der Waals surface area contributed by atoms with E-state index < -0.39 is 0 Å². The van der Waals surface area contributed by atoms with Crippen molar-refractivity contribution in [2.75, 3.05) is 26.3 Å². The van der Waals surface area contributed by atoms with Crippen LogP contribution in [0.4, 0.5) is 0 Å². The van der Waals surface area contributed by atoms with E-state index in [4.69, 9.17) is 25.5 Å². The minimum absolute atomic E-state index is 0.0640. The number of hydrogen-bond donors (Lipinski definition) is 2. The average Bonchev–Trinajstić information content (AvgIpc) is 3.20. The van der Waals surface area contributed by atoms with Crippen LogP contribution in [0.15, 0.2) is 34.9 Å². The summed E-state index contributed by atoms with van der Waals surface area (Å²) in [6.07, 6.45) is 2.96. The van der Waals surface area contributed by atoms with Crippen LogP contribution in [-0.4, -0.2) is 38.1 Å². The third kappa shape index (κ3) is 5.40. The van der Waals surface area contributed by atoms with Gasteiger partial charge in [0, 0.05) is 19.5 Å². The van der Waals surface area contributed by atoms with Crippen LogP contribution in [0.25, 0.3) is 0 Å². The highest BCUT2D eigenvalue weighted by Gasteiger charge is 2.16. The highest BCUT2D eigenvalue weighted by atomic mass is 35.5. The number of rotatable bonds is 8. The van der Waals surface area contributed by atoms with Crippen LogP contribution in [0.1, 0.15) is 29.0 Å². The third-order valence-corrected chi connectivity index (χ3v) is 4.28. The fourth-order valence-corrected chi connectivity index (χ4v) is 2.98. The Kier molecular flexibility index (Phi) is 6.59. The predicted molar refractivity (Wildman–Crippen MR) is 99.4 cm³/mol. The quantitative estimate of drug-likeness (QED) is 0.674. The molecule has 3 rings (SSSR count). The van der Waals surface area contributed by atoms with Crippen molar-refractivity contribution in [1.82, 2.24) is 10.6 Å². The van der Waals surface area contributed by atoms with Crippen molar-refractivity contribution in [3.8, 4) is 11.5 Å². The molecule has 1 aromatic carbocycles. The van der Waals surface area contributed by atoms with Gasteiger partial charge in [-0.25, -0.2) is 0 Å². The van der Waals surface area contributed by atoms with E-state index in [-0.39, 0.29) is 17.6 Å². The first-order valence-corrected chi connectivity index (χ1v) is 9.17. The molecule has 1 aliphatic heterocycles. The van der Waals surface area contributed by atoms with Gasteiger partial charge in [0.25, 0.3) is 5.91 Å². The van der Waals surface area contributed by atoms with Gasteiger partial charge in [-0.15, -0.1) is 0 Å². The zero-order valence-electron chi connectivity index (χ0n) is 14.8. The predicted octanol–water partition coefficient (Wildman–Crippen LogP) is 2.57. The highest BCUT2D eigenvalue weighted by Crippen LogP contribution is 2.38. The van der Waals surface area contributed by atoms with Gasteiger partial charge >= 0.3 is 0 Å². The second kappa shape index (κ2) is 9.32. The molecule has 0 saturated carbocycles. The molecule has 0 aliphatic carbocycles. The molecule has 0 radical (unpaired) electrons. The summed E-state index contributed by atoms with van der Waals surface area (Å²) in [5.41, 5.74) is 0.968. The van der Waals surface area contributed by atoms with Gasteiger partial charge in [-0.3, -0.25) is 9.59 Å². The molecule has 0 spiro atoms. The number of halogens is 1. The number of hydrogen-bond acceptors (Lipinski definition) is 5. The van der Waals surface area contributed by atoms with Gasteiger partial charge in [0.2, 0.25) is 5.91 Å². The van der Waals surface area contributed by atoms with Crippen LogP contribution in [0, 0.1) is 0 Å². The summed E-state index contributed by atoms with van der Waals surface area (Å²) in [5.74, 6) is 1.13. The van der Waals surface area contributed by atoms with Crippen molar-refractivity contribution in [2.24, 2.45) is 0 Å². The van der Waals surface area contributed by atoms with Gasteiger partial charge in [0.1, 0.15) is 13.2 Å². The molecule has 2 aromatic rings. The van der Waals surface area contributed by atoms with Crippen molar-refractivity contribution in [3.05, 3.63) is 46.9 Å². The van der Waals surface area contributed by atoms with Gasteiger partial charge in [-0.05, 0) is 42.7 Å². The first kappa shape index (κ1) is 19.1. The minimum Gasteiger partial charge on any atom is -0.486 e. The standard InChI is InChI=1S/C19H21ClN2O5/c20-14-11-13(12-16-18(14)27-10-9-26-16)5-7-21-17(23)4-1-6-22-19(24)15-3-2-8-25-15/h2-3,8,11-12H,1,4-7,9-10H2,(H,21,23)(H,22,24). The Hall–Kier alpha value is -2.67. The molecule has 2 heterocycles. The van der Waals surface area contributed by atoms with E-state index in [1.54, 1.807) is 12.1 Å². The van der Waals surface area contributed by atoms with E-state index in [0.29, 0.717) is 62.1 Å². The molecule has 7 nitrogen and oxygen atoms in total. The molecule has 144 valence electrons. The molecule has 0 saturated heterocycles. The van der Waals surface area contributed by atoms with E-state index in [1.165, 1.54) is 6.26 Å². The fraction of sp³-hybridized carbons (Fsp3) is 0.368. The van der Waals surface area contributed by atoms with Crippen molar-refractivity contribution >= 4 is 23.4 Å². The maximum Gasteiger partial charge on any atom is 0.286 e. The maximum absolute atomic E-state index is 11.9. The Morgan fingerprint density at radius 2 is 1.96 bits per heavy atom. The number of ether oxygens (including phenoxy) is 2. The molecule has 8 heteroatoms. The first-order valence-electron chi connectivity index (χ1n) is 8.80. The minimum atomic E-state index is -0.282. The molecule has 0 atom stereocenters. The van der Waals surface area contributed by atoms with Crippen LogP contribution in [0.5, 0.6) is 11.5 Å². The highest BCUT2D eigenvalue weighted by molar-refractivity contribution is 6.32. The van der Waals surface area contributed by atoms with Gasteiger partial charge in [-0.2, -0.15) is 0 Å². The fourth-order valence-electron chi connectivity index (χ4n) is 2.69. The van der Waals surface area contributed by atoms with E-state index in [1.807, 2.05) is 12.1 Å². The summed E-state index contributed by atoms with van der Waals surface area (Å²) in [6, 6.07) is 6.95. The molecule has 0 unspecified atom stereocenters. The summed E-state index contributed by atoms with van der Waals surface area (Å²) >= 11 is 6.20. The van der Waals surface area contributed by atoms with E-state index in [9.17, 15) is 9.59 Å². The summed E-state index contributed by atoms with van der Waals surface area (Å²) in [5, 5.41) is 6.08. The molecule has 0 bridgehead atoms. The molecular weight excluding hydrogens is 372 g/mol. The molecule has 0 fully saturated rings. The van der Waals surface area contributed by atoms with Gasteiger partial charge in [-0.1, -0.05) is 11.6 Å². The first-order chi connectivity index (χ1) is 13.1. The second-order valence-corrected chi connectivity index (χ2v) is 6.45. The summed E-state index contributed by atoms with van der Waals surface area (Å²) in [6.45, 7) is 1.89. The van der Waals surface area contributed by atoms with E-state index >= 15 is 0 Å². The summed E-state index contributed by atoms with van der Waals surface area (Å²) < 4.78 is 16.0. The Balaban J connectivity index is 1.34. The number of fused-ring (bicyclic) bond motifs is 1. The lowest BCUT2D eigenvalue weighted by molar-refractivity contribution is -0.121. The molecule has 2 N–H and O–H groups in total. The number of carbonyl (C=O) groups is 2. The molecule has 1 aromatic heterocycles. The number of amides is 2. The van der Waals surface area contributed by atoms with E-state index in [2.05, 4.69) is 10.6 Å². The van der Waals surface area contributed by atoms with Gasteiger partial charge < -0.3 is 24.5 Å². The summed E-state index contributed by atoms with van der Waals surface area (Å²) in [4.78, 5) is 23.6. The second-order valence-electron chi connectivity index (χ2n) is 6.04. The topological polar surface area (TPSA) is 89.8 Å². The molecule has 1 aliphatic rings. The number of carbonyl (C=O) groups excluding carboxylic acids is 2. The van der Waals surface area contributed by atoms with Gasteiger partial charge in [0.05, 0.1) is 11.3 Å². The monoisotopic (exact) mass is 392 g/mol.